The van der Waals surface area contributed by atoms with Crippen molar-refractivity contribution < 1.29 is 38.2 Å². The molecule has 7 nitrogen and oxygen atoms in total. The van der Waals surface area contributed by atoms with Gasteiger partial charge in [-0.3, -0.25) is 0 Å². The molecular formula is C19H17ClN2O5S. The van der Waals surface area contributed by atoms with Gasteiger partial charge in [0.25, 0.3) is 5.72 Å². The van der Waals surface area contributed by atoms with Gasteiger partial charge in [0.15, 0.2) is 0 Å². The number of halogens is 1. The maximum atomic E-state index is 8.49. The number of aromatic nitrogens is 2. The Hall–Kier alpha value is -2.04. The Labute approximate surface area is 168 Å². The number of thioether (sulfide) groups is 1. The molecule has 2 atom stereocenters. The van der Waals surface area contributed by atoms with Gasteiger partial charge in [0.2, 0.25) is 0 Å². The number of hydrogen-bond donors (Lipinski definition) is 0. The summed E-state index contributed by atoms with van der Waals surface area (Å²) >= 11 is 1.74. The average Bonchev–Trinajstić information content (AvgIpc) is 3.03. The van der Waals surface area contributed by atoms with Crippen LogP contribution in [0.2, 0.25) is 0 Å². The van der Waals surface area contributed by atoms with Crippen molar-refractivity contribution in [3.8, 4) is 0 Å². The zero-order valence-electron chi connectivity index (χ0n) is 14.8. The molecule has 2 heterocycles. The predicted molar refractivity (Wildman–Crippen MR) is 90.0 cm³/mol. The number of benzene rings is 2. The largest absolute Gasteiger partial charge is 0.362 e. The van der Waals surface area contributed by atoms with Crippen LogP contribution in [0.25, 0.3) is 0 Å². The number of nitrogens with zero attached hydrogens (tertiary/aromatic N) is 2. The molecule has 0 N–H and O–H groups in total. The second-order valence-corrected chi connectivity index (χ2v) is 7.65. The van der Waals surface area contributed by atoms with E-state index in [0.717, 1.165) is 10.7 Å². The second kappa shape index (κ2) is 8.54. The predicted octanol–water partition coefficient (Wildman–Crippen LogP) is -1.19. The van der Waals surface area contributed by atoms with Crippen molar-refractivity contribution in [1.29, 1.82) is 0 Å². The maximum absolute atomic E-state index is 8.49. The molecule has 0 fully saturated rings. The SMILES string of the molecule is COC1(c2ccccc2)C(c2ccccc2)Sc2nccc[n+]21.[O-][Cl+3]([O-])([O-])[O-]. The quantitative estimate of drug-likeness (QED) is 0.386. The lowest BCUT2D eigenvalue weighted by Crippen LogP contribution is -2.68. The molecule has 0 spiro atoms. The van der Waals surface area contributed by atoms with Crippen LogP contribution < -0.4 is 23.2 Å². The van der Waals surface area contributed by atoms with Crippen LogP contribution in [0.4, 0.5) is 0 Å². The minimum atomic E-state index is -4.94. The van der Waals surface area contributed by atoms with Crippen LogP contribution in [-0.4, -0.2) is 12.1 Å². The van der Waals surface area contributed by atoms with E-state index in [1.54, 1.807) is 18.9 Å². The molecule has 3 aromatic rings. The molecule has 0 saturated carbocycles. The van der Waals surface area contributed by atoms with Gasteiger partial charge in [-0.2, -0.15) is 4.57 Å². The highest BCUT2D eigenvalue weighted by Crippen LogP contribution is 2.51. The summed E-state index contributed by atoms with van der Waals surface area (Å²) in [4.78, 5) is 4.55. The van der Waals surface area contributed by atoms with E-state index < -0.39 is 16.0 Å². The summed E-state index contributed by atoms with van der Waals surface area (Å²) in [5, 5.41) is 1.07. The van der Waals surface area contributed by atoms with Crippen molar-refractivity contribution in [3.63, 3.8) is 0 Å². The number of rotatable bonds is 3. The van der Waals surface area contributed by atoms with Gasteiger partial charge in [-0.05, 0) is 22.3 Å². The average molecular weight is 421 g/mol. The lowest BCUT2D eigenvalue weighted by molar-refractivity contribution is -2.00. The number of ether oxygens (including phenoxy) is 1. The second-order valence-electron chi connectivity index (χ2n) is 5.83. The van der Waals surface area contributed by atoms with E-state index in [1.165, 1.54) is 5.56 Å². The van der Waals surface area contributed by atoms with Crippen molar-refractivity contribution in [3.05, 3.63) is 90.3 Å². The van der Waals surface area contributed by atoms with Crippen LogP contribution in [0, 0.1) is 10.2 Å². The first-order chi connectivity index (χ1) is 13.4. The lowest BCUT2D eigenvalue weighted by Gasteiger charge is -2.31. The van der Waals surface area contributed by atoms with Crippen LogP contribution in [0.3, 0.4) is 0 Å². The molecule has 28 heavy (non-hydrogen) atoms. The van der Waals surface area contributed by atoms with Crippen molar-refractivity contribution in [2.45, 2.75) is 16.1 Å². The minimum Gasteiger partial charge on any atom is -0.335 e. The summed E-state index contributed by atoms with van der Waals surface area (Å²) in [5.74, 6) is 0. The highest BCUT2D eigenvalue weighted by Gasteiger charge is 2.56. The molecule has 0 radical (unpaired) electrons. The molecule has 9 heteroatoms. The van der Waals surface area contributed by atoms with Crippen molar-refractivity contribution in [2.75, 3.05) is 7.11 Å². The third-order valence-corrected chi connectivity index (χ3v) is 5.59. The van der Waals surface area contributed by atoms with Gasteiger partial charge >= 0.3 is 5.16 Å². The van der Waals surface area contributed by atoms with Gasteiger partial charge in [0.05, 0.1) is 6.20 Å². The Bertz CT molecular complexity index is 905. The highest BCUT2D eigenvalue weighted by molar-refractivity contribution is 7.99. The maximum Gasteiger partial charge on any atom is 0.362 e. The summed E-state index contributed by atoms with van der Waals surface area (Å²) in [6.07, 6.45) is 3.88. The Morgan fingerprint density at radius 3 is 2.11 bits per heavy atom. The van der Waals surface area contributed by atoms with E-state index in [-0.39, 0.29) is 5.25 Å². The van der Waals surface area contributed by atoms with Crippen LogP contribution >= 0.6 is 11.8 Å². The van der Waals surface area contributed by atoms with Crippen molar-refractivity contribution in [2.24, 2.45) is 0 Å². The fourth-order valence-electron chi connectivity index (χ4n) is 3.22. The highest BCUT2D eigenvalue weighted by atomic mass is 35.7. The van der Waals surface area contributed by atoms with Crippen LogP contribution in [-0.2, 0) is 10.5 Å². The first-order valence-corrected chi connectivity index (χ1v) is 10.3. The summed E-state index contributed by atoms with van der Waals surface area (Å²) in [6, 6.07) is 22.8. The fourth-order valence-corrected chi connectivity index (χ4v) is 4.66. The Morgan fingerprint density at radius 1 is 0.964 bits per heavy atom. The first kappa shape index (κ1) is 20.7. The van der Waals surface area contributed by atoms with E-state index in [2.05, 4.69) is 64.3 Å². The molecule has 2 unspecified atom stereocenters. The van der Waals surface area contributed by atoms with Gasteiger partial charge in [-0.25, -0.2) is 18.6 Å². The van der Waals surface area contributed by atoms with E-state index in [4.69, 9.17) is 23.4 Å². The zero-order chi connectivity index (χ0) is 20.2. The van der Waals surface area contributed by atoms with Crippen molar-refractivity contribution >= 4 is 11.8 Å². The summed E-state index contributed by atoms with van der Waals surface area (Å²) in [6.45, 7) is 0. The van der Waals surface area contributed by atoms with E-state index >= 15 is 0 Å². The molecule has 0 aliphatic carbocycles. The van der Waals surface area contributed by atoms with Gasteiger partial charge in [-0.15, -0.1) is 10.2 Å². The molecule has 0 bridgehead atoms. The summed E-state index contributed by atoms with van der Waals surface area (Å²) < 4.78 is 42.3. The molecule has 2 aromatic carbocycles. The molecule has 1 aliphatic heterocycles. The number of hydrogen-bond acceptors (Lipinski definition) is 7. The van der Waals surface area contributed by atoms with Gasteiger partial charge in [0.1, 0.15) is 11.4 Å². The van der Waals surface area contributed by atoms with E-state index in [1.807, 2.05) is 24.4 Å². The number of fused-ring (bicyclic) bond motifs is 1. The molecule has 1 aromatic heterocycles. The van der Waals surface area contributed by atoms with Gasteiger partial charge in [0, 0.05) is 18.7 Å². The van der Waals surface area contributed by atoms with Crippen LogP contribution in [0.1, 0.15) is 16.4 Å². The third-order valence-electron chi connectivity index (χ3n) is 4.25. The molecule has 0 amide bonds. The van der Waals surface area contributed by atoms with Crippen LogP contribution in [0.15, 0.2) is 84.3 Å². The van der Waals surface area contributed by atoms with E-state index in [0.29, 0.717) is 0 Å². The minimum absolute atomic E-state index is 0.103. The summed E-state index contributed by atoms with van der Waals surface area (Å²) in [7, 11) is -3.17. The summed E-state index contributed by atoms with van der Waals surface area (Å²) in [5.41, 5.74) is 1.76. The molecular weight excluding hydrogens is 404 g/mol. The smallest absolute Gasteiger partial charge is 0.335 e. The fraction of sp³-hybridized carbons (Fsp3) is 0.158. The third kappa shape index (κ3) is 4.34. The van der Waals surface area contributed by atoms with Crippen LogP contribution in [0.5, 0.6) is 0 Å². The molecule has 4 rings (SSSR count). The monoisotopic (exact) mass is 420 g/mol. The molecule has 1 aliphatic rings. The lowest BCUT2D eigenvalue weighted by atomic mass is 9.93. The van der Waals surface area contributed by atoms with Gasteiger partial charge in [-0.1, -0.05) is 60.7 Å². The molecule has 146 valence electrons. The van der Waals surface area contributed by atoms with E-state index in [9.17, 15) is 0 Å². The Kier molecular flexibility index (Phi) is 6.31. The first-order valence-electron chi connectivity index (χ1n) is 8.17. The Morgan fingerprint density at radius 2 is 1.54 bits per heavy atom. The number of methoxy groups -OCH3 is 1. The van der Waals surface area contributed by atoms with Crippen molar-refractivity contribution in [1.82, 2.24) is 4.98 Å². The molecule has 0 saturated heterocycles. The zero-order valence-corrected chi connectivity index (χ0v) is 16.4. The van der Waals surface area contributed by atoms with Gasteiger partial charge < -0.3 is 4.74 Å². The Balaban J connectivity index is 0.000000403. The normalized spacial score (nSPS) is 20.8. The topological polar surface area (TPSA) is 118 Å². The standard InChI is InChI=1S/C19H17N2OS.ClHO4/c1-22-19(16-11-6-3-7-12-16)17(15-9-4-2-5-10-15)23-18-20-13-8-14-21(18)19;2-1(3,4)5/h2-14,17H,1H3;(H,2,3,4,5)/q+1;/p-1.